The monoisotopic (exact) mass is 818 g/mol. The normalized spacial score (nSPS) is 12.7. The van der Waals surface area contributed by atoms with Gasteiger partial charge >= 0.3 is 0 Å². The van der Waals surface area contributed by atoms with Crippen LogP contribution in [-0.4, -0.2) is 49.1 Å². The van der Waals surface area contributed by atoms with E-state index in [1.54, 1.807) is 6.07 Å². The maximum absolute atomic E-state index is 12.6. The Labute approximate surface area is 317 Å². The molecule has 286 valence electrons. The number of fused-ring (bicyclic) bond motifs is 1. The third-order valence-electron chi connectivity index (χ3n) is 7.81. The first-order valence-electron chi connectivity index (χ1n) is 15.5. The molecule has 56 heavy (non-hydrogen) atoms. The molecule has 0 fully saturated rings. The van der Waals surface area contributed by atoms with E-state index in [-0.39, 0.29) is 56.2 Å². The molecular formula is C34H26N8O11S3. The minimum atomic E-state index is -5.17. The van der Waals surface area contributed by atoms with E-state index in [9.17, 15) is 49.1 Å². The van der Waals surface area contributed by atoms with E-state index in [0.717, 1.165) is 36.4 Å². The number of rotatable bonds is 10. The Kier molecular flexibility index (Phi) is 10.4. The molecule has 0 spiro atoms. The summed E-state index contributed by atoms with van der Waals surface area (Å²) in [6.45, 7) is 0. The molecule has 9 N–H and O–H groups in total. The molecule has 6 rings (SSSR count). The van der Waals surface area contributed by atoms with E-state index in [1.165, 1.54) is 60.7 Å². The van der Waals surface area contributed by atoms with Crippen LogP contribution in [0, 0.1) is 0 Å². The molecule has 6 aromatic rings. The molecule has 6 aromatic carbocycles. The fraction of sp³-hybridized carbons (Fsp3) is 0. The second-order valence-electron chi connectivity index (χ2n) is 11.7. The fourth-order valence-corrected chi connectivity index (χ4v) is 7.33. The van der Waals surface area contributed by atoms with Crippen molar-refractivity contribution in [1.82, 2.24) is 0 Å². The first kappa shape index (κ1) is 39.0. The van der Waals surface area contributed by atoms with Crippen molar-refractivity contribution in [2.24, 2.45) is 30.7 Å². The molecule has 0 aliphatic heterocycles. The van der Waals surface area contributed by atoms with E-state index >= 15 is 0 Å². The van der Waals surface area contributed by atoms with E-state index < -0.39 is 62.0 Å². The van der Waals surface area contributed by atoms with Crippen LogP contribution < -0.4 is 11.5 Å². The van der Waals surface area contributed by atoms with Crippen LogP contribution in [0.2, 0.25) is 0 Å². The average Bonchev–Trinajstić information content (AvgIpc) is 3.12. The Bertz CT molecular complexity index is 2990. The van der Waals surface area contributed by atoms with Gasteiger partial charge in [-0.3, -0.25) is 13.7 Å². The Balaban J connectivity index is 1.41. The predicted octanol–water partition coefficient (Wildman–Crippen LogP) is 8.07. The molecule has 0 amide bonds. The number of phenols is 2. The number of hydrogen-bond acceptors (Lipinski definition) is 16. The second-order valence-corrected chi connectivity index (χ2v) is 15.9. The summed E-state index contributed by atoms with van der Waals surface area (Å²) in [5.74, 6) is -0.815. The van der Waals surface area contributed by atoms with Crippen LogP contribution in [0.25, 0.3) is 21.9 Å². The molecule has 0 saturated carbocycles. The number of aromatic hydroxyl groups is 2. The zero-order chi connectivity index (χ0) is 40.6. The van der Waals surface area contributed by atoms with Crippen LogP contribution >= 0.6 is 0 Å². The number of nitrogens with two attached hydrogens (primary N) is 2. The summed E-state index contributed by atoms with van der Waals surface area (Å²) >= 11 is 0. The summed E-state index contributed by atoms with van der Waals surface area (Å²) in [6, 6.07) is 21.4. The first-order valence-corrected chi connectivity index (χ1v) is 19.8. The van der Waals surface area contributed by atoms with Crippen LogP contribution in [-0.2, 0) is 30.4 Å². The third-order valence-corrected chi connectivity index (χ3v) is 10.5. The average molecular weight is 819 g/mol. The third kappa shape index (κ3) is 8.65. The molecule has 0 aromatic heterocycles. The Morgan fingerprint density at radius 1 is 0.464 bits per heavy atom. The number of phenolic OH excluding ortho intramolecular Hbond substituents is 2. The molecule has 0 saturated heterocycles. The topological polar surface area (TPSA) is 330 Å². The van der Waals surface area contributed by atoms with Gasteiger partial charge < -0.3 is 21.7 Å². The van der Waals surface area contributed by atoms with Crippen LogP contribution in [0.3, 0.4) is 0 Å². The lowest BCUT2D eigenvalue weighted by Gasteiger charge is -2.12. The van der Waals surface area contributed by atoms with Gasteiger partial charge in [0.2, 0.25) is 0 Å². The van der Waals surface area contributed by atoms with Gasteiger partial charge in [-0.25, -0.2) is 0 Å². The van der Waals surface area contributed by atoms with Crippen molar-refractivity contribution in [3.63, 3.8) is 0 Å². The van der Waals surface area contributed by atoms with Crippen LogP contribution in [0.1, 0.15) is 0 Å². The summed E-state index contributed by atoms with van der Waals surface area (Å²) in [7, 11) is -15.3. The second kappa shape index (κ2) is 14.9. The highest BCUT2D eigenvalue weighted by atomic mass is 32.2. The quantitative estimate of drug-likeness (QED) is 0.0391. The largest absolute Gasteiger partial charge is 0.508 e. The van der Waals surface area contributed by atoms with Gasteiger partial charge in [0.1, 0.15) is 31.8 Å². The lowest BCUT2D eigenvalue weighted by atomic mass is 10.0. The molecular weight excluding hydrogens is 793 g/mol. The molecule has 0 bridgehead atoms. The Morgan fingerprint density at radius 3 is 1.50 bits per heavy atom. The smallest absolute Gasteiger partial charge is 0.296 e. The van der Waals surface area contributed by atoms with Gasteiger partial charge in [0.15, 0.2) is 5.75 Å². The van der Waals surface area contributed by atoms with Crippen LogP contribution in [0.5, 0.6) is 11.5 Å². The summed E-state index contributed by atoms with van der Waals surface area (Å²) in [4.78, 5) is -2.59. The maximum atomic E-state index is 12.6. The number of nitrogens with zero attached hydrogens (tertiary/aromatic N) is 6. The highest BCUT2D eigenvalue weighted by Gasteiger charge is 2.25. The summed E-state index contributed by atoms with van der Waals surface area (Å²) in [5, 5.41) is 44.4. The van der Waals surface area contributed by atoms with Gasteiger partial charge in [-0.2, -0.15) is 45.7 Å². The predicted molar refractivity (Wildman–Crippen MR) is 203 cm³/mol. The molecule has 0 heterocycles. The summed E-state index contributed by atoms with van der Waals surface area (Å²) in [5.41, 5.74) is 11.0. The number of azo groups is 3. The molecule has 0 radical (unpaired) electrons. The lowest BCUT2D eigenvalue weighted by Crippen LogP contribution is -2.05. The number of nitrogen functional groups attached to an aromatic ring is 2. The minimum Gasteiger partial charge on any atom is -0.508 e. The van der Waals surface area contributed by atoms with Gasteiger partial charge in [0, 0.05) is 22.2 Å². The first-order chi connectivity index (χ1) is 26.3. The molecule has 0 aliphatic carbocycles. The molecule has 19 nitrogen and oxygen atoms in total. The minimum absolute atomic E-state index is 0.00848. The number of anilines is 2. The number of hydrogen-bond donors (Lipinski definition) is 7. The van der Waals surface area contributed by atoms with Crippen molar-refractivity contribution in [3.05, 3.63) is 103 Å². The van der Waals surface area contributed by atoms with Gasteiger partial charge in [-0.1, -0.05) is 18.2 Å². The highest BCUT2D eigenvalue weighted by molar-refractivity contribution is 7.86. The zero-order valence-electron chi connectivity index (χ0n) is 28.1. The highest BCUT2D eigenvalue weighted by Crippen LogP contribution is 2.43. The van der Waals surface area contributed by atoms with Gasteiger partial charge in [-0.05, 0) is 90.3 Å². The van der Waals surface area contributed by atoms with Crippen molar-refractivity contribution in [1.29, 1.82) is 0 Å². The van der Waals surface area contributed by atoms with Gasteiger partial charge in [0.25, 0.3) is 30.4 Å². The van der Waals surface area contributed by atoms with Gasteiger partial charge in [0.05, 0.1) is 28.4 Å². The number of benzene rings is 6. The van der Waals surface area contributed by atoms with Crippen molar-refractivity contribution in [3.8, 4) is 22.6 Å². The van der Waals surface area contributed by atoms with Crippen molar-refractivity contribution < 1.29 is 49.1 Å². The Morgan fingerprint density at radius 2 is 0.946 bits per heavy atom. The summed E-state index contributed by atoms with van der Waals surface area (Å²) < 4.78 is 105. The standard InChI is InChI=1S/C34H26N8O11S3/c35-19-2-12-29(28(36)14-19)41-39-21-3-1-18-13-32(56(51,52)53)33(34(44)27(18)15-21)42-40-23-7-11-26(31(17-23)55(48,49)50)25-10-6-22(16-30(25)54(45,46)47)38-37-20-4-8-24(43)9-5-20/h1-17,43-44H,35-36H2,(H,45,46,47)(H,48,49,50)(H,51,52,53). The fourth-order valence-electron chi connectivity index (χ4n) is 5.22. The van der Waals surface area contributed by atoms with E-state index in [1.807, 2.05) is 0 Å². The Hall–Kier alpha value is -6.69. The molecule has 22 heteroatoms. The maximum Gasteiger partial charge on any atom is 0.296 e. The van der Waals surface area contributed by atoms with Crippen molar-refractivity contribution >= 4 is 86.6 Å². The van der Waals surface area contributed by atoms with Crippen LogP contribution in [0.15, 0.2) is 149 Å². The lowest BCUT2D eigenvalue weighted by molar-refractivity contribution is 0.472. The molecule has 0 atom stereocenters. The van der Waals surface area contributed by atoms with Crippen molar-refractivity contribution in [2.45, 2.75) is 14.7 Å². The summed E-state index contributed by atoms with van der Waals surface area (Å²) in [6.07, 6.45) is 0. The zero-order valence-corrected chi connectivity index (χ0v) is 30.5. The SMILES string of the molecule is Nc1ccc(N=Nc2ccc3cc(S(=O)(=O)O)c(N=Nc4ccc(-c5ccc(N=Nc6ccc(O)cc6)cc5S(=O)(=O)O)c(S(=O)(=O)O)c4)c(O)c3c2)c(N)c1. The van der Waals surface area contributed by atoms with Gasteiger partial charge in [-0.15, -0.1) is 10.2 Å². The van der Waals surface area contributed by atoms with Crippen LogP contribution in [0.4, 0.5) is 45.5 Å². The van der Waals surface area contributed by atoms with Crippen molar-refractivity contribution in [2.75, 3.05) is 11.5 Å². The van der Waals surface area contributed by atoms with E-state index in [2.05, 4.69) is 30.7 Å². The van der Waals surface area contributed by atoms with E-state index in [0.29, 0.717) is 5.69 Å². The molecule has 0 aliphatic rings. The van der Waals surface area contributed by atoms with E-state index in [4.69, 9.17) is 11.5 Å². The molecule has 0 unspecified atom stereocenters.